The van der Waals surface area contributed by atoms with Gasteiger partial charge in [0.15, 0.2) is 0 Å². The fourth-order valence-electron chi connectivity index (χ4n) is 1.87. The lowest BCUT2D eigenvalue weighted by molar-refractivity contribution is -0.141. The third-order valence-electron chi connectivity index (χ3n) is 2.92. The molecule has 5 heteroatoms. The summed E-state index contributed by atoms with van der Waals surface area (Å²) in [5.74, 6) is -1.28. The van der Waals surface area contributed by atoms with Crippen molar-refractivity contribution < 1.29 is 19.4 Å². The molecule has 1 rings (SSSR count). The van der Waals surface area contributed by atoms with Crippen molar-refractivity contribution in [3.8, 4) is 0 Å². The van der Waals surface area contributed by atoms with Crippen molar-refractivity contribution in [3.05, 3.63) is 35.9 Å². The van der Waals surface area contributed by atoms with E-state index in [0.717, 1.165) is 5.56 Å². The minimum atomic E-state index is -1.02. The van der Waals surface area contributed by atoms with Crippen LogP contribution in [0.1, 0.15) is 32.3 Å². The number of carbonyl (C=O) groups excluding carboxylic acids is 1. The summed E-state index contributed by atoms with van der Waals surface area (Å²) in [6.07, 6.45) is 1.27. The lowest BCUT2D eigenvalue weighted by Crippen LogP contribution is -2.42. The van der Waals surface area contributed by atoms with E-state index in [9.17, 15) is 14.7 Å². The Kier molecular flexibility index (Phi) is 7.46. The molecule has 5 nitrogen and oxygen atoms in total. The number of carbonyl (C=O) groups is 2. The maximum atomic E-state index is 11.8. The predicted octanol–water partition coefficient (Wildman–Crippen LogP) is 2.00. The van der Waals surface area contributed by atoms with E-state index in [4.69, 9.17) is 4.74 Å². The zero-order valence-electron chi connectivity index (χ0n) is 12.5. The van der Waals surface area contributed by atoms with Gasteiger partial charge in [-0.25, -0.2) is 4.79 Å². The van der Waals surface area contributed by atoms with E-state index in [1.165, 1.54) is 0 Å². The molecule has 0 aliphatic heterocycles. The number of ether oxygens (including phenoxy) is 1. The van der Waals surface area contributed by atoms with Gasteiger partial charge in [0.25, 0.3) is 0 Å². The van der Waals surface area contributed by atoms with Crippen molar-refractivity contribution in [1.29, 1.82) is 0 Å². The zero-order chi connectivity index (χ0) is 15.7. The Hall–Kier alpha value is -1.88. The molecule has 0 aromatic heterocycles. The van der Waals surface area contributed by atoms with Crippen molar-refractivity contribution in [2.45, 2.75) is 45.3 Å². The van der Waals surface area contributed by atoms with Gasteiger partial charge in [-0.05, 0) is 25.8 Å². The summed E-state index contributed by atoms with van der Waals surface area (Å²) in [4.78, 5) is 23.0. The average molecular weight is 293 g/mol. The molecular formula is C16H23NO4. The van der Waals surface area contributed by atoms with Crippen molar-refractivity contribution in [1.82, 2.24) is 5.32 Å². The van der Waals surface area contributed by atoms with E-state index in [2.05, 4.69) is 5.32 Å². The summed E-state index contributed by atoms with van der Waals surface area (Å²) in [5.41, 5.74) is 0.883. The summed E-state index contributed by atoms with van der Waals surface area (Å²) in [6.45, 7) is 4.36. The number of hydrogen-bond donors (Lipinski definition) is 2. The molecule has 0 heterocycles. The van der Waals surface area contributed by atoms with Gasteiger partial charge in [0.05, 0.1) is 6.10 Å². The molecule has 21 heavy (non-hydrogen) atoms. The molecule has 1 amide bonds. The maximum absolute atomic E-state index is 11.8. The Morgan fingerprint density at radius 3 is 2.48 bits per heavy atom. The number of benzene rings is 1. The highest BCUT2D eigenvalue weighted by Gasteiger charge is 2.19. The van der Waals surface area contributed by atoms with Crippen molar-refractivity contribution in [2.24, 2.45) is 0 Å². The second kappa shape index (κ2) is 9.13. The third kappa shape index (κ3) is 7.46. The second-order valence-electron chi connectivity index (χ2n) is 5.17. The van der Waals surface area contributed by atoms with Crippen LogP contribution in [-0.2, 0) is 20.7 Å². The molecule has 0 aliphatic rings. The van der Waals surface area contributed by atoms with Gasteiger partial charge < -0.3 is 15.2 Å². The first-order valence-electron chi connectivity index (χ1n) is 7.16. The fourth-order valence-corrected chi connectivity index (χ4v) is 1.87. The largest absolute Gasteiger partial charge is 0.480 e. The van der Waals surface area contributed by atoms with Crippen molar-refractivity contribution in [2.75, 3.05) is 6.61 Å². The van der Waals surface area contributed by atoms with Gasteiger partial charge in [0, 0.05) is 19.4 Å². The van der Waals surface area contributed by atoms with Crippen LogP contribution in [0.5, 0.6) is 0 Å². The lowest BCUT2D eigenvalue weighted by Gasteiger charge is -2.15. The molecule has 0 aliphatic carbocycles. The summed E-state index contributed by atoms with van der Waals surface area (Å²) < 4.78 is 5.34. The second-order valence-corrected chi connectivity index (χ2v) is 5.17. The molecule has 0 radical (unpaired) electrons. The number of rotatable bonds is 9. The first kappa shape index (κ1) is 17.2. The SMILES string of the molecule is CC(C)OCCCC(=O)N[C@H](Cc1ccccc1)C(=O)O. The fraction of sp³-hybridized carbons (Fsp3) is 0.500. The number of hydrogen-bond acceptors (Lipinski definition) is 3. The van der Waals surface area contributed by atoms with Crippen LogP contribution < -0.4 is 5.32 Å². The van der Waals surface area contributed by atoms with Crippen molar-refractivity contribution >= 4 is 11.9 Å². The molecule has 0 saturated carbocycles. The van der Waals surface area contributed by atoms with Gasteiger partial charge in [-0.3, -0.25) is 4.79 Å². The van der Waals surface area contributed by atoms with Crippen LogP contribution in [0.15, 0.2) is 30.3 Å². The summed E-state index contributed by atoms with van der Waals surface area (Å²) >= 11 is 0. The van der Waals surface area contributed by atoms with E-state index >= 15 is 0 Å². The highest BCUT2D eigenvalue weighted by atomic mass is 16.5. The average Bonchev–Trinajstić information content (AvgIpc) is 2.44. The van der Waals surface area contributed by atoms with Crippen LogP contribution in [-0.4, -0.2) is 35.7 Å². The van der Waals surface area contributed by atoms with Crippen molar-refractivity contribution in [3.63, 3.8) is 0 Å². The minimum Gasteiger partial charge on any atom is -0.480 e. The zero-order valence-corrected chi connectivity index (χ0v) is 12.5. The molecule has 0 fully saturated rings. The standard InChI is InChI=1S/C16H23NO4/c1-12(2)21-10-6-9-15(18)17-14(16(19)20)11-13-7-4-3-5-8-13/h3-5,7-8,12,14H,6,9-11H2,1-2H3,(H,17,18)(H,19,20)/t14-/m1/s1. The molecule has 1 aromatic rings. The molecule has 0 bridgehead atoms. The summed E-state index contributed by atoms with van der Waals surface area (Å²) in [7, 11) is 0. The lowest BCUT2D eigenvalue weighted by atomic mass is 10.1. The van der Waals surface area contributed by atoms with E-state index in [1.807, 2.05) is 44.2 Å². The Balaban J connectivity index is 2.40. The molecule has 116 valence electrons. The number of nitrogens with one attached hydrogen (secondary N) is 1. The molecule has 0 spiro atoms. The predicted molar refractivity (Wildman–Crippen MR) is 80.0 cm³/mol. The van der Waals surface area contributed by atoms with E-state index < -0.39 is 12.0 Å². The molecule has 2 N–H and O–H groups in total. The smallest absolute Gasteiger partial charge is 0.326 e. The van der Waals surface area contributed by atoms with Crippen LogP contribution >= 0.6 is 0 Å². The quantitative estimate of drug-likeness (QED) is 0.683. The monoisotopic (exact) mass is 293 g/mol. The van der Waals surface area contributed by atoms with Crippen LogP contribution in [0.3, 0.4) is 0 Å². The first-order chi connectivity index (χ1) is 9.99. The Morgan fingerprint density at radius 2 is 1.90 bits per heavy atom. The van der Waals surface area contributed by atoms with Gasteiger partial charge in [-0.15, -0.1) is 0 Å². The Bertz CT molecular complexity index is 445. The van der Waals surface area contributed by atoms with Crippen LogP contribution in [0.25, 0.3) is 0 Å². The van der Waals surface area contributed by atoms with Gasteiger partial charge in [0.1, 0.15) is 6.04 Å². The van der Waals surface area contributed by atoms with E-state index in [-0.39, 0.29) is 24.9 Å². The Morgan fingerprint density at radius 1 is 1.24 bits per heavy atom. The van der Waals surface area contributed by atoms with E-state index in [0.29, 0.717) is 13.0 Å². The molecule has 0 saturated heterocycles. The molecule has 1 atom stereocenters. The topological polar surface area (TPSA) is 75.6 Å². The number of carboxylic acids is 1. The maximum Gasteiger partial charge on any atom is 0.326 e. The molecular weight excluding hydrogens is 270 g/mol. The van der Waals surface area contributed by atoms with E-state index in [1.54, 1.807) is 0 Å². The summed E-state index contributed by atoms with van der Waals surface area (Å²) in [5, 5.41) is 11.7. The van der Waals surface area contributed by atoms with Crippen LogP contribution in [0.4, 0.5) is 0 Å². The Labute approximate surface area is 125 Å². The number of amides is 1. The minimum absolute atomic E-state index is 0.137. The van der Waals surface area contributed by atoms with Crippen LogP contribution in [0, 0.1) is 0 Å². The summed E-state index contributed by atoms with van der Waals surface area (Å²) in [6, 6.07) is 8.36. The highest BCUT2D eigenvalue weighted by Crippen LogP contribution is 2.04. The number of carboxylic acid groups (broad SMARTS) is 1. The third-order valence-corrected chi connectivity index (χ3v) is 2.92. The molecule has 1 aromatic carbocycles. The van der Waals surface area contributed by atoms with Gasteiger partial charge in [-0.1, -0.05) is 30.3 Å². The van der Waals surface area contributed by atoms with Crippen LogP contribution in [0.2, 0.25) is 0 Å². The van der Waals surface area contributed by atoms with Gasteiger partial charge in [0.2, 0.25) is 5.91 Å². The van der Waals surface area contributed by atoms with Gasteiger partial charge in [-0.2, -0.15) is 0 Å². The first-order valence-corrected chi connectivity index (χ1v) is 7.16. The number of aliphatic carboxylic acids is 1. The normalized spacial score (nSPS) is 12.1. The highest BCUT2D eigenvalue weighted by molar-refractivity contribution is 5.83. The van der Waals surface area contributed by atoms with Gasteiger partial charge >= 0.3 is 5.97 Å². The molecule has 0 unspecified atom stereocenters.